The second kappa shape index (κ2) is 3.42. The Labute approximate surface area is 76.9 Å². The summed E-state index contributed by atoms with van der Waals surface area (Å²) in [4.78, 5) is 10.7. The molecular weight excluding hydrogens is 176 g/mol. The smallest absolute Gasteiger partial charge is 0.252 e. The minimum Gasteiger partial charge on any atom is -0.374 e. The number of hydrogen-bond acceptors (Lipinski definition) is 2. The first-order chi connectivity index (χ1) is 5.57. The summed E-state index contributed by atoms with van der Waals surface area (Å²) in [5.74, 6) is 0. The fraction of sp³-hybridized carbons (Fsp3) is 0.444. The number of rotatable bonds is 2. The minimum absolute atomic E-state index is 0.282. The third-order valence-electron chi connectivity index (χ3n) is 2.04. The summed E-state index contributed by atoms with van der Waals surface area (Å²) >= 11 is 5.29. The number of carbonyl (C=O) groups excluding carboxylic acids is 1. The average Bonchev–Trinajstić information content (AvgIpc) is 2.05. The van der Waals surface area contributed by atoms with Crippen LogP contribution in [0.5, 0.6) is 0 Å². The van der Waals surface area contributed by atoms with Gasteiger partial charge in [-0.05, 0) is 24.9 Å². The molecule has 1 rings (SSSR count). The molecule has 2 nitrogen and oxygen atoms in total. The van der Waals surface area contributed by atoms with Gasteiger partial charge < -0.3 is 4.74 Å². The lowest BCUT2D eigenvalue weighted by Crippen LogP contribution is -2.25. The zero-order chi connectivity index (χ0) is 9.19. The van der Waals surface area contributed by atoms with E-state index in [1.807, 2.05) is 13.0 Å². The number of methoxy groups -OCH3 is 1. The van der Waals surface area contributed by atoms with Crippen molar-refractivity contribution in [2.45, 2.75) is 18.9 Å². The van der Waals surface area contributed by atoms with E-state index in [0.29, 0.717) is 12.0 Å². The monoisotopic (exact) mass is 186 g/mol. The van der Waals surface area contributed by atoms with Gasteiger partial charge >= 0.3 is 0 Å². The van der Waals surface area contributed by atoms with Gasteiger partial charge in [0.1, 0.15) is 0 Å². The molecule has 0 heterocycles. The van der Waals surface area contributed by atoms with Crippen LogP contribution in [-0.2, 0) is 9.53 Å². The zero-order valence-electron chi connectivity index (χ0n) is 7.13. The minimum atomic E-state index is -0.413. The van der Waals surface area contributed by atoms with Crippen LogP contribution in [-0.4, -0.2) is 18.0 Å². The fourth-order valence-corrected chi connectivity index (χ4v) is 1.15. The van der Waals surface area contributed by atoms with Gasteiger partial charge in [-0.1, -0.05) is 18.2 Å². The van der Waals surface area contributed by atoms with Crippen LogP contribution in [0.4, 0.5) is 0 Å². The molecule has 0 saturated heterocycles. The van der Waals surface area contributed by atoms with E-state index in [0.717, 1.165) is 0 Å². The van der Waals surface area contributed by atoms with Crippen LogP contribution in [0.2, 0.25) is 0 Å². The highest BCUT2D eigenvalue weighted by Gasteiger charge is 2.22. The molecule has 1 aliphatic carbocycles. The SMILES string of the molecule is COC1(C)C=CC(C(=O)Cl)=CC1. The molecule has 0 N–H and O–H groups in total. The number of carbonyl (C=O) groups is 1. The van der Waals surface area contributed by atoms with Crippen LogP contribution in [0, 0.1) is 0 Å². The summed E-state index contributed by atoms with van der Waals surface area (Å²) in [6.45, 7) is 1.95. The molecule has 0 bridgehead atoms. The highest BCUT2D eigenvalue weighted by atomic mass is 35.5. The zero-order valence-corrected chi connectivity index (χ0v) is 7.89. The molecule has 1 atom stereocenters. The normalized spacial score (nSPS) is 28.4. The lowest BCUT2D eigenvalue weighted by molar-refractivity contribution is -0.108. The largest absolute Gasteiger partial charge is 0.374 e. The second-order valence-corrected chi connectivity index (χ2v) is 3.33. The average molecular weight is 187 g/mol. The van der Waals surface area contributed by atoms with Gasteiger partial charge in [0.2, 0.25) is 0 Å². The molecule has 0 saturated carbocycles. The maximum absolute atomic E-state index is 10.7. The molecular formula is C9H11ClO2. The molecule has 1 aliphatic rings. The summed E-state index contributed by atoms with van der Waals surface area (Å²) in [6.07, 6.45) is 6.03. The maximum atomic E-state index is 10.7. The van der Waals surface area contributed by atoms with E-state index in [9.17, 15) is 4.79 Å². The Morgan fingerprint density at radius 2 is 2.42 bits per heavy atom. The van der Waals surface area contributed by atoms with Crippen LogP contribution >= 0.6 is 11.6 Å². The van der Waals surface area contributed by atoms with Crippen LogP contribution in [0.15, 0.2) is 23.8 Å². The Kier molecular flexibility index (Phi) is 2.70. The number of allylic oxidation sites excluding steroid dienone is 2. The van der Waals surface area contributed by atoms with Crippen LogP contribution in [0.3, 0.4) is 0 Å². The summed E-state index contributed by atoms with van der Waals surface area (Å²) in [6, 6.07) is 0. The van der Waals surface area contributed by atoms with Crippen molar-refractivity contribution in [2.75, 3.05) is 7.11 Å². The highest BCUT2D eigenvalue weighted by molar-refractivity contribution is 6.68. The molecule has 3 heteroatoms. The Morgan fingerprint density at radius 1 is 1.75 bits per heavy atom. The van der Waals surface area contributed by atoms with E-state index in [4.69, 9.17) is 16.3 Å². The maximum Gasteiger partial charge on any atom is 0.252 e. The van der Waals surface area contributed by atoms with Crippen molar-refractivity contribution >= 4 is 16.8 Å². The first kappa shape index (κ1) is 9.49. The summed E-state index contributed by atoms with van der Waals surface area (Å²) in [5, 5.41) is -0.413. The fourth-order valence-electron chi connectivity index (χ4n) is 1.01. The quantitative estimate of drug-likeness (QED) is 0.617. The second-order valence-electron chi connectivity index (χ2n) is 2.99. The molecule has 66 valence electrons. The Hall–Kier alpha value is -0.600. The molecule has 0 radical (unpaired) electrons. The van der Waals surface area contributed by atoms with E-state index < -0.39 is 5.24 Å². The standard InChI is InChI=1S/C9H11ClO2/c1-9(12-2)5-3-7(4-6-9)8(10)11/h3-5H,6H2,1-2H3. The molecule has 0 aromatic carbocycles. The highest BCUT2D eigenvalue weighted by Crippen LogP contribution is 2.24. The van der Waals surface area contributed by atoms with Crippen LogP contribution in [0.1, 0.15) is 13.3 Å². The van der Waals surface area contributed by atoms with Crippen molar-refractivity contribution in [3.05, 3.63) is 23.8 Å². The molecule has 0 aliphatic heterocycles. The molecule has 0 spiro atoms. The van der Waals surface area contributed by atoms with E-state index in [2.05, 4.69) is 0 Å². The molecule has 0 aromatic rings. The molecule has 0 fully saturated rings. The van der Waals surface area contributed by atoms with Gasteiger partial charge in [0.15, 0.2) is 0 Å². The molecule has 1 unspecified atom stereocenters. The van der Waals surface area contributed by atoms with E-state index in [-0.39, 0.29) is 5.60 Å². The van der Waals surface area contributed by atoms with Crippen LogP contribution in [0.25, 0.3) is 0 Å². The Balaban J connectivity index is 2.74. The topological polar surface area (TPSA) is 26.3 Å². The van der Waals surface area contributed by atoms with Gasteiger partial charge in [0.05, 0.1) is 5.60 Å². The molecule has 0 aromatic heterocycles. The summed E-state index contributed by atoms with van der Waals surface area (Å²) < 4.78 is 5.22. The molecule has 12 heavy (non-hydrogen) atoms. The number of halogens is 1. The van der Waals surface area contributed by atoms with Crippen molar-refractivity contribution < 1.29 is 9.53 Å². The van der Waals surface area contributed by atoms with Gasteiger partial charge in [-0.3, -0.25) is 4.79 Å². The lowest BCUT2D eigenvalue weighted by Gasteiger charge is -2.25. The number of ether oxygens (including phenoxy) is 1. The van der Waals surface area contributed by atoms with Crippen molar-refractivity contribution in [1.29, 1.82) is 0 Å². The van der Waals surface area contributed by atoms with E-state index >= 15 is 0 Å². The third kappa shape index (κ3) is 1.96. The van der Waals surface area contributed by atoms with Crippen LogP contribution < -0.4 is 0 Å². The van der Waals surface area contributed by atoms with Gasteiger partial charge in [-0.2, -0.15) is 0 Å². The van der Waals surface area contributed by atoms with Gasteiger partial charge in [-0.15, -0.1) is 0 Å². The summed E-state index contributed by atoms with van der Waals surface area (Å²) in [7, 11) is 1.64. The Morgan fingerprint density at radius 3 is 2.75 bits per heavy atom. The van der Waals surface area contributed by atoms with Gasteiger partial charge in [0, 0.05) is 12.7 Å². The number of hydrogen-bond donors (Lipinski definition) is 0. The van der Waals surface area contributed by atoms with Crippen molar-refractivity contribution in [3.63, 3.8) is 0 Å². The van der Waals surface area contributed by atoms with E-state index in [1.165, 1.54) is 0 Å². The summed E-state index contributed by atoms with van der Waals surface area (Å²) in [5.41, 5.74) is 0.265. The third-order valence-corrected chi connectivity index (χ3v) is 2.25. The predicted octanol–water partition coefficient (Wildman–Crippen LogP) is 2.04. The lowest BCUT2D eigenvalue weighted by atomic mass is 9.94. The first-order valence-electron chi connectivity index (χ1n) is 3.72. The predicted molar refractivity (Wildman–Crippen MR) is 48.1 cm³/mol. The van der Waals surface area contributed by atoms with Crippen molar-refractivity contribution in [3.8, 4) is 0 Å². The van der Waals surface area contributed by atoms with Gasteiger partial charge in [-0.25, -0.2) is 0 Å². The van der Waals surface area contributed by atoms with Crippen molar-refractivity contribution in [1.82, 2.24) is 0 Å². The van der Waals surface area contributed by atoms with E-state index in [1.54, 1.807) is 19.3 Å². The van der Waals surface area contributed by atoms with Gasteiger partial charge in [0.25, 0.3) is 5.24 Å². The Bertz CT molecular complexity index is 255. The first-order valence-corrected chi connectivity index (χ1v) is 4.09. The van der Waals surface area contributed by atoms with Crippen molar-refractivity contribution in [2.24, 2.45) is 0 Å². The molecule has 0 amide bonds.